The number of halogens is 1. The molecule has 0 saturated heterocycles. The summed E-state index contributed by atoms with van der Waals surface area (Å²) in [5.41, 5.74) is 0. The molecule has 4 nitrogen and oxygen atoms in total. The van der Waals surface area contributed by atoms with Crippen molar-refractivity contribution in [2.45, 2.75) is 11.8 Å². The Bertz CT molecular complexity index is 569. The van der Waals surface area contributed by atoms with Crippen LogP contribution in [-0.4, -0.2) is 43.1 Å². The van der Waals surface area contributed by atoms with Crippen LogP contribution in [0.4, 0.5) is 0 Å². The first-order valence-electron chi connectivity index (χ1n) is 4.20. The van der Waals surface area contributed by atoms with Crippen LogP contribution >= 0.6 is 11.6 Å². The van der Waals surface area contributed by atoms with Crippen molar-refractivity contribution in [2.75, 3.05) is 0 Å². The van der Waals surface area contributed by atoms with Gasteiger partial charge >= 0.3 is 29.6 Å². The summed E-state index contributed by atoms with van der Waals surface area (Å²) in [6.07, 6.45) is 0. The van der Waals surface area contributed by atoms with Gasteiger partial charge in [-0.15, -0.1) is 0 Å². The summed E-state index contributed by atoms with van der Waals surface area (Å²) in [5.74, 6) is -0.530. The van der Waals surface area contributed by atoms with Crippen molar-refractivity contribution in [3.63, 3.8) is 0 Å². The van der Waals surface area contributed by atoms with E-state index in [-0.39, 0.29) is 34.5 Å². The molecule has 0 aromatic heterocycles. The van der Waals surface area contributed by atoms with Gasteiger partial charge in [0.25, 0.3) is 0 Å². The Kier molecular flexibility index (Phi) is 6.24. The van der Waals surface area contributed by atoms with E-state index in [0.29, 0.717) is 5.02 Å². The molecule has 86 valence electrons. The van der Waals surface area contributed by atoms with Gasteiger partial charge in [-0.3, -0.25) is 0 Å². The number of benzene rings is 1. The van der Waals surface area contributed by atoms with Crippen molar-refractivity contribution in [3.8, 4) is 6.07 Å². The molecule has 0 radical (unpaired) electrons. The van der Waals surface area contributed by atoms with E-state index in [1.54, 1.807) is 0 Å². The summed E-state index contributed by atoms with van der Waals surface area (Å²) in [5, 5.41) is 18.2. The summed E-state index contributed by atoms with van der Waals surface area (Å²) in [6.45, 7) is 1.14. The van der Waals surface area contributed by atoms with E-state index in [9.17, 15) is 8.42 Å². The first-order valence-corrected chi connectivity index (χ1v) is 6.06. The second kappa shape index (κ2) is 6.43. The van der Waals surface area contributed by atoms with E-state index in [2.05, 4.69) is 0 Å². The molecule has 0 aliphatic carbocycles. The van der Waals surface area contributed by atoms with Crippen molar-refractivity contribution >= 4 is 51.0 Å². The molecule has 1 aromatic carbocycles. The number of aliphatic hydroxyl groups is 1. The molecular formula is C10H9ClNNaO3S. The van der Waals surface area contributed by atoms with E-state index >= 15 is 0 Å². The standard InChI is InChI=1S/C10H8ClNO3S.Na.H/c1-7(13)10(6-12)16(14,15)9-4-2-8(11)3-5-9;;/h2-5,13H,1H3;;/b10-7+;;. The Morgan fingerprint density at radius 1 is 1.35 bits per heavy atom. The SMILES string of the molecule is C/C(O)=C(/C#N)S(=O)(=O)c1ccc(Cl)cc1.[NaH]. The fourth-order valence-electron chi connectivity index (χ4n) is 1.07. The van der Waals surface area contributed by atoms with Gasteiger partial charge in [0.2, 0.25) is 9.84 Å². The second-order valence-corrected chi connectivity index (χ2v) is 5.31. The van der Waals surface area contributed by atoms with E-state index in [0.717, 1.165) is 6.92 Å². The molecule has 0 fully saturated rings. The predicted molar refractivity (Wildman–Crippen MR) is 66.7 cm³/mol. The molecule has 0 aliphatic heterocycles. The van der Waals surface area contributed by atoms with Crippen LogP contribution < -0.4 is 0 Å². The van der Waals surface area contributed by atoms with Crippen molar-refractivity contribution in [1.29, 1.82) is 5.26 Å². The molecule has 0 heterocycles. The van der Waals surface area contributed by atoms with E-state index in [1.165, 1.54) is 30.3 Å². The molecule has 1 aromatic rings. The Hall–Kier alpha value is -0.510. The van der Waals surface area contributed by atoms with Crippen LogP contribution in [0.25, 0.3) is 0 Å². The minimum atomic E-state index is -3.96. The van der Waals surface area contributed by atoms with Crippen LogP contribution in [0.3, 0.4) is 0 Å². The molecule has 1 N–H and O–H groups in total. The van der Waals surface area contributed by atoms with Gasteiger partial charge < -0.3 is 5.11 Å². The van der Waals surface area contributed by atoms with Gasteiger partial charge in [-0.1, -0.05) is 11.6 Å². The number of sulfone groups is 1. The predicted octanol–water partition coefficient (Wildman–Crippen LogP) is 1.78. The number of rotatable bonds is 2. The fraction of sp³-hybridized carbons (Fsp3) is 0.100. The van der Waals surface area contributed by atoms with Gasteiger partial charge in [-0.2, -0.15) is 5.26 Å². The monoisotopic (exact) mass is 281 g/mol. The normalized spacial score (nSPS) is 12.1. The van der Waals surface area contributed by atoms with Crippen molar-refractivity contribution in [2.24, 2.45) is 0 Å². The van der Waals surface area contributed by atoms with E-state index in [4.69, 9.17) is 22.0 Å². The van der Waals surface area contributed by atoms with Crippen LogP contribution in [-0.2, 0) is 9.84 Å². The zero-order valence-electron chi connectivity index (χ0n) is 8.31. The third-order valence-corrected chi connectivity index (χ3v) is 3.89. The van der Waals surface area contributed by atoms with Crippen LogP contribution in [0.15, 0.2) is 39.8 Å². The van der Waals surface area contributed by atoms with Gasteiger partial charge in [0.05, 0.1) is 4.90 Å². The molecule has 0 spiro atoms. The zero-order chi connectivity index (χ0) is 12.3. The van der Waals surface area contributed by atoms with Crippen LogP contribution in [0, 0.1) is 11.3 Å². The quantitative estimate of drug-likeness (QED) is 0.509. The fourth-order valence-corrected chi connectivity index (χ4v) is 2.43. The van der Waals surface area contributed by atoms with E-state index in [1.807, 2.05) is 0 Å². The number of nitriles is 1. The van der Waals surface area contributed by atoms with Crippen LogP contribution in [0.2, 0.25) is 5.02 Å². The molecule has 0 unspecified atom stereocenters. The van der Waals surface area contributed by atoms with Gasteiger partial charge in [0, 0.05) is 5.02 Å². The average molecular weight is 282 g/mol. The first-order chi connectivity index (χ1) is 7.39. The number of aliphatic hydroxyl groups excluding tert-OH is 1. The maximum atomic E-state index is 11.8. The van der Waals surface area contributed by atoms with Gasteiger partial charge in [0.1, 0.15) is 11.8 Å². The molecule has 0 aliphatic rings. The summed E-state index contributed by atoms with van der Waals surface area (Å²) in [6, 6.07) is 6.81. The second-order valence-electron chi connectivity index (χ2n) is 2.98. The maximum absolute atomic E-state index is 11.8. The zero-order valence-corrected chi connectivity index (χ0v) is 9.88. The molecule has 0 amide bonds. The van der Waals surface area contributed by atoms with Gasteiger partial charge in [-0.25, -0.2) is 8.42 Å². The van der Waals surface area contributed by atoms with Crippen LogP contribution in [0.5, 0.6) is 0 Å². The van der Waals surface area contributed by atoms with Crippen LogP contribution in [0.1, 0.15) is 6.92 Å². The Labute approximate surface area is 127 Å². The molecular weight excluding hydrogens is 273 g/mol. The molecule has 0 bridgehead atoms. The van der Waals surface area contributed by atoms with Crippen molar-refractivity contribution in [3.05, 3.63) is 40.0 Å². The Balaban J connectivity index is 0.00000256. The Morgan fingerprint density at radius 3 is 2.18 bits per heavy atom. The molecule has 0 atom stereocenters. The van der Waals surface area contributed by atoms with Gasteiger partial charge in [-0.05, 0) is 31.2 Å². The average Bonchev–Trinajstić information content (AvgIpc) is 2.18. The summed E-state index contributed by atoms with van der Waals surface area (Å²) in [4.78, 5) is -0.739. The summed E-state index contributed by atoms with van der Waals surface area (Å²) in [7, 11) is -3.96. The molecule has 7 heteroatoms. The summed E-state index contributed by atoms with van der Waals surface area (Å²) < 4.78 is 23.7. The number of allylic oxidation sites excluding steroid dienone is 2. The molecule has 0 saturated carbocycles. The summed E-state index contributed by atoms with van der Waals surface area (Å²) >= 11 is 5.62. The third-order valence-electron chi connectivity index (χ3n) is 1.82. The Morgan fingerprint density at radius 2 is 1.82 bits per heavy atom. The number of hydrogen-bond acceptors (Lipinski definition) is 4. The molecule has 1 rings (SSSR count). The first kappa shape index (κ1) is 16.5. The minimum absolute atomic E-state index is 0. The van der Waals surface area contributed by atoms with Gasteiger partial charge in [0.15, 0.2) is 4.91 Å². The topological polar surface area (TPSA) is 78.2 Å². The van der Waals surface area contributed by atoms with Crippen molar-refractivity contribution < 1.29 is 13.5 Å². The molecule has 17 heavy (non-hydrogen) atoms. The van der Waals surface area contributed by atoms with E-state index < -0.39 is 20.5 Å². The number of nitrogens with zero attached hydrogens (tertiary/aromatic N) is 1. The third kappa shape index (κ3) is 3.73. The van der Waals surface area contributed by atoms with Crippen molar-refractivity contribution in [1.82, 2.24) is 0 Å². The number of hydrogen-bond donors (Lipinski definition) is 1.